The Hall–Kier alpha value is -2.04. The van der Waals surface area contributed by atoms with E-state index in [1.165, 1.54) is 0 Å². The number of nitrogens with one attached hydrogen (secondary N) is 2. The molecule has 0 bridgehead atoms. The Balaban J connectivity index is 2.55. The highest BCUT2D eigenvalue weighted by Gasteiger charge is 2.03. The van der Waals surface area contributed by atoms with Crippen molar-refractivity contribution in [3.8, 4) is 0 Å². The van der Waals surface area contributed by atoms with Crippen molar-refractivity contribution in [1.29, 1.82) is 0 Å². The summed E-state index contributed by atoms with van der Waals surface area (Å²) in [7, 11) is 0. The largest absolute Gasteiger partial charge is 0.352 e. The summed E-state index contributed by atoms with van der Waals surface area (Å²) in [4.78, 5) is 22.1. The molecule has 0 spiro atoms. The van der Waals surface area contributed by atoms with Gasteiger partial charge >= 0.3 is 6.03 Å². The van der Waals surface area contributed by atoms with Gasteiger partial charge < -0.3 is 16.4 Å². The number of carbonyl (C=O) groups excluding carboxylic acids is 2. The Morgan fingerprint density at radius 3 is 2.35 bits per heavy atom. The second-order valence-corrected chi connectivity index (χ2v) is 3.67. The first-order chi connectivity index (χ1) is 8.13. The molecule has 1 rings (SSSR count). The molecular formula is C12H17N3O2. The molecule has 5 heteroatoms. The third-order valence-corrected chi connectivity index (χ3v) is 2.22. The zero-order valence-electron chi connectivity index (χ0n) is 9.82. The zero-order valence-corrected chi connectivity index (χ0v) is 9.82. The summed E-state index contributed by atoms with van der Waals surface area (Å²) < 4.78 is 0. The van der Waals surface area contributed by atoms with Crippen LogP contribution in [0.5, 0.6) is 0 Å². The lowest BCUT2D eigenvalue weighted by Crippen LogP contribution is -2.28. The van der Waals surface area contributed by atoms with E-state index in [-0.39, 0.29) is 5.91 Å². The molecule has 0 aliphatic carbocycles. The van der Waals surface area contributed by atoms with Crippen molar-refractivity contribution >= 4 is 11.9 Å². The maximum absolute atomic E-state index is 11.6. The number of benzene rings is 1. The lowest BCUT2D eigenvalue weighted by molar-refractivity contribution is 0.0953. The molecule has 0 aromatic heterocycles. The number of nitrogens with two attached hydrogens (primary N) is 1. The van der Waals surface area contributed by atoms with Gasteiger partial charge in [-0.05, 0) is 24.1 Å². The van der Waals surface area contributed by atoms with Crippen LogP contribution in [0.25, 0.3) is 0 Å². The van der Waals surface area contributed by atoms with Gasteiger partial charge in [0.05, 0.1) is 0 Å². The van der Waals surface area contributed by atoms with E-state index < -0.39 is 6.03 Å². The van der Waals surface area contributed by atoms with Crippen LogP contribution in [0.1, 0.15) is 29.3 Å². The quantitative estimate of drug-likeness (QED) is 0.711. The number of primary amides is 1. The van der Waals surface area contributed by atoms with Crippen LogP contribution in [0.3, 0.4) is 0 Å². The van der Waals surface area contributed by atoms with Gasteiger partial charge in [0.2, 0.25) is 0 Å². The Labute approximate surface area is 100 Å². The average Bonchev–Trinajstić information content (AvgIpc) is 2.34. The number of rotatable bonds is 5. The first kappa shape index (κ1) is 13.0. The molecule has 0 atom stereocenters. The summed E-state index contributed by atoms with van der Waals surface area (Å²) in [5, 5.41) is 5.27. The van der Waals surface area contributed by atoms with E-state index in [1.54, 1.807) is 24.3 Å². The minimum Gasteiger partial charge on any atom is -0.352 e. The lowest BCUT2D eigenvalue weighted by atomic mass is 10.1. The predicted molar refractivity (Wildman–Crippen MR) is 65.5 cm³/mol. The highest BCUT2D eigenvalue weighted by molar-refractivity contribution is 5.94. The van der Waals surface area contributed by atoms with Crippen LogP contribution in [0.4, 0.5) is 4.79 Å². The summed E-state index contributed by atoms with van der Waals surface area (Å²) in [6, 6.07) is 6.47. The SMILES string of the molecule is CCCNC(=O)c1ccc(CNC(N)=O)cc1. The molecule has 0 saturated carbocycles. The molecule has 0 radical (unpaired) electrons. The Bertz CT molecular complexity index is 387. The number of amides is 3. The maximum Gasteiger partial charge on any atom is 0.312 e. The molecule has 3 amide bonds. The van der Waals surface area contributed by atoms with Gasteiger partial charge in [-0.25, -0.2) is 4.79 Å². The van der Waals surface area contributed by atoms with Crippen molar-refractivity contribution in [3.05, 3.63) is 35.4 Å². The molecule has 1 aromatic rings. The third kappa shape index (κ3) is 4.55. The summed E-state index contributed by atoms with van der Waals surface area (Å²) in [6.45, 7) is 3.04. The van der Waals surface area contributed by atoms with E-state index in [0.717, 1.165) is 12.0 Å². The first-order valence-electron chi connectivity index (χ1n) is 5.54. The fourth-order valence-corrected chi connectivity index (χ4v) is 1.30. The van der Waals surface area contributed by atoms with Gasteiger partial charge in [0.1, 0.15) is 0 Å². The third-order valence-electron chi connectivity index (χ3n) is 2.22. The summed E-state index contributed by atoms with van der Waals surface area (Å²) in [5.41, 5.74) is 6.47. The number of carbonyl (C=O) groups is 2. The fraction of sp³-hybridized carbons (Fsp3) is 0.333. The van der Waals surface area contributed by atoms with Crippen LogP contribution < -0.4 is 16.4 Å². The van der Waals surface area contributed by atoms with E-state index in [2.05, 4.69) is 10.6 Å². The molecule has 17 heavy (non-hydrogen) atoms. The molecule has 1 aromatic carbocycles. The monoisotopic (exact) mass is 235 g/mol. The van der Waals surface area contributed by atoms with Crippen LogP contribution in [0.15, 0.2) is 24.3 Å². The smallest absolute Gasteiger partial charge is 0.312 e. The van der Waals surface area contributed by atoms with Crippen molar-refractivity contribution in [2.45, 2.75) is 19.9 Å². The van der Waals surface area contributed by atoms with E-state index >= 15 is 0 Å². The summed E-state index contributed by atoms with van der Waals surface area (Å²) in [6.07, 6.45) is 0.909. The standard InChI is InChI=1S/C12H17N3O2/c1-2-7-14-11(16)10-5-3-9(4-6-10)8-15-12(13)17/h3-6H,2,7-8H2,1H3,(H,14,16)(H3,13,15,17). The van der Waals surface area contributed by atoms with Gasteiger partial charge in [0, 0.05) is 18.7 Å². The van der Waals surface area contributed by atoms with E-state index in [9.17, 15) is 9.59 Å². The topological polar surface area (TPSA) is 84.2 Å². The molecule has 0 fully saturated rings. The van der Waals surface area contributed by atoms with Crippen LogP contribution in [0, 0.1) is 0 Å². The van der Waals surface area contributed by atoms with E-state index in [0.29, 0.717) is 18.7 Å². The van der Waals surface area contributed by atoms with Gasteiger partial charge in [0.15, 0.2) is 0 Å². The predicted octanol–water partition coefficient (Wildman–Crippen LogP) is 0.995. The van der Waals surface area contributed by atoms with Crippen LogP contribution in [0.2, 0.25) is 0 Å². The van der Waals surface area contributed by atoms with Crippen LogP contribution in [-0.2, 0) is 6.54 Å². The Morgan fingerprint density at radius 1 is 1.18 bits per heavy atom. The van der Waals surface area contributed by atoms with Crippen LogP contribution in [-0.4, -0.2) is 18.5 Å². The van der Waals surface area contributed by atoms with Crippen molar-refractivity contribution < 1.29 is 9.59 Å². The lowest BCUT2D eigenvalue weighted by Gasteiger charge is -2.05. The molecule has 0 heterocycles. The van der Waals surface area contributed by atoms with Crippen molar-refractivity contribution in [2.24, 2.45) is 5.73 Å². The van der Waals surface area contributed by atoms with Gasteiger partial charge in [-0.3, -0.25) is 4.79 Å². The van der Waals surface area contributed by atoms with Gasteiger partial charge in [-0.15, -0.1) is 0 Å². The number of hydrogen-bond donors (Lipinski definition) is 3. The highest BCUT2D eigenvalue weighted by Crippen LogP contribution is 2.04. The Kier molecular flexibility index (Phi) is 5.00. The molecule has 0 aliphatic heterocycles. The molecule has 0 saturated heterocycles. The second-order valence-electron chi connectivity index (χ2n) is 3.67. The Morgan fingerprint density at radius 2 is 1.82 bits per heavy atom. The van der Waals surface area contributed by atoms with Gasteiger partial charge in [-0.2, -0.15) is 0 Å². The first-order valence-corrected chi connectivity index (χ1v) is 5.54. The van der Waals surface area contributed by atoms with Gasteiger partial charge in [0.25, 0.3) is 5.91 Å². The normalized spacial score (nSPS) is 9.71. The summed E-state index contributed by atoms with van der Waals surface area (Å²) >= 11 is 0. The molecule has 0 unspecified atom stereocenters. The highest BCUT2D eigenvalue weighted by atomic mass is 16.2. The van der Waals surface area contributed by atoms with Crippen molar-refractivity contribution in [1.82, 2.24) is 10.6 Å². The number of hydrogen-bond acceptors (Lipinski definition) is 2. The number of urea groups is 1. The second kappa shape index (κ2) is 6.52. The van der Waals surface area contributed by atoms with E-state index in [1.807, 2.05) is 6.92 Å². The zero-order chi connectivity index (χ0) is 12.7. The molecular weight excluding hydrogens is 218 g/mol. The molecule has 5 nitrogen and oxygen atoms in total. The van der Waals surface area contributed by atoms with E-state index in [4.69, 9.17) is 5.73 Å². The minimum atomic E-state index is -0.560. The summed E-state index contributed by atoms with van der Waals surface area (Å²) in [5.74, 6) is -0.0822. The fourth-order valence-electron chi connectivity index (χ4n) is 1.30. The maximum atomic E-state index is 11.6. The minimum absolute atomic E-state index is 0.0822. The molecule has 92 valence electrons. The molecule has 4 N–H and O–H groups in total. The van der Waals surface area contributed by atoms with Gasteiger partial charge in [-0.1, -0.05) is 19.1 Å². The van der Waals surface area contributed by atoms with Crippen molar-refractivity contribution in [3.63, 3.8) is 0 Å². The van der Waals surface area contributed by atoms with Crippen molar-refractivity contribution in [2.75, 3.05) is 6.54 Å². The average molecular weight is 235 g/mol. The van der Waals surface area contributed by atoms with Crippen LogP contribution >= 0.6 is 0 Å². The molecule has 0 aliphatic rings.